The standard InChI is InChI=1S/C54H58N3O.C11H8N.Ir/c1-32(2)42-27-35(34-21-23-37(24-22-34)52(5,6)7)28-43(33(3)4)49(42)57-47-20-15-14-19-45(47)56-51(57)41-18-16-17-40-44-31-55-46(30-48(44)58-50(40)41)36-25-38(53(8,9)10)29-39(26-36)54(11,12)13;1-2-6-10(7-3-1)11-8-4-5-9-12-11;/h14-17,19-33H,1-13H3;1-6,8-9H;/q2*-1;. The van der Waals surface area contributed by atoms with Crippen LogP contribution in [0.4, 0.5) is 0 Å². The number of rotatable bonds is 7. The molecule has 10 aromatic rings. The molecule has 0 atom stereocenters. The van der Waals surface area contributed by atoms with Crippen LogP contribution in [-0.2, 0) is 36.4 Å². The van der Waals surface area contributed by atoms with Gasteiger partial charge in [-0.3, -0.25) is 9.97 Å². The minimum Gasteiger partial charge on any atom is -0.500 e. The van der Waals surface area contributed by atoms with Gasteiger partial charge in [0.15, 0.2) is 0 Å². The molecule has 0 spiro atoms. The predicted molar refractivity (Wildman–Crippen MR) is 294 cm³/mol. The second kappa shape index (κ2) is 20.0. The van der Waals surface area contributed by atoms with Crippen molar-refractivity contribution in [3.05, 3.63) is 192 Å². The quantitative estimate of drug-likeness (QED) is 0.149. The van der Waals surface area contributed by atoms with E-state index in [9.17, 15) is 0 Å². The molecule has 0 unspecified atom stereocenters. The van der Waals surface area contributed by atoms with Crippen LogP contribution in [0.2, 0.25) is 0 Å². The van der Waals surface area contributed by atoms with E-state index in [0.717, 1.165) is 66.9 Å². The van der Waals surface area contributed by atoms with E-state index in [1.54, 1.807) is 6.20 Å². The third-order valence-electron chi connectivity index (χ3n) is 13.4. The molecule has 6 aromatic carbocycles. The second-order valence-electron chi connectivity index (χ2n) is 22.5. The van der Waals surface area contributed by atoms with E-state index in [0.29, 0.717) is 0 Å². The molecule has 1 radical (unpaired) electrons. The summed E-state index contributed by atoms with van der Waals surface area (Å²) >= 11 is 0. The van der Waals surface area contributed by atoms with E-state index in [2.05, 4.69) is 203 Å². The van der Waals surface area contributed by atoms with Gasteiger partial charge in [-0.1, -0.05) is 156 Å². The van der Waals surface area contributed by atoms with Crippen LogP contribution in [0.15, 0.2) is 156 Å². The molecule has 0 bridgehead atoms. The Balaban J connectivity index is 0.000000452. The van der Waals surface area contributed by atoms with Crippen LogP contribution >= 0.6 is 0 Å². The molecular weight excluding hydrogens is 1040 g/mol. The summed E-state index contributed by atoms with van der Waals surface area (Å²) in [7, 11) is 0. The first-order chi connectivity index (χ1) is 33.3. The third kappa shape index (κ3) is 10.5. The first kappa shape index (κ1) is 50.9. The molecule has 363 valence electrons. The summed E-state index contributed by atoms with van der Waals surface area (Å²) in [5.74, 6) is 1.32. The number of hydrogen-bond acceptors (Lipinski definition) is 4. The van der Waals surface area contributed by atoms with Crippen molar-refractivity contribution in [2.45, 2.75) is 118 Å². The zero-order valence-electron chi connectivity index (χ0n) is 43.6. The first-order valence-electron chi connectivity index (χ1n) is 24.8. The van der Waals surface area contributed by atoms with Crippen molar-refractivity contribution in [3.8, 4) is 50.7 Å². The van der Waals surface area contributed by atoms with E-state index in [4.69, 9.17) is 14.4 Å². The van der Waals surface area contributed by atoms with Gasteiger partial charge in [-0.25, -0.2) is 0 Å². The zero-order chi connectivity index (χ0) is 49.7. The Bertz CT molecular complexity index is 3370. The summed E-state index contributed by atoms with van der Waals surface area (Å²) < 4.78 is 9.30. The van der Waals surface area contributed by atoms with Crippen molar-refractivity contribution in [2.75, 3.05) is 0 Å². The fraction of sp³-hybridized carbons (Fsp3) is 0.277. The van der Waals surface area contributed by atoms with E-state index < -0.39 is 0 Å². The maximum Gasteiger partial charge on any atom is 0.124 e. The summed E-state index contributed by atoms with van der Waals surface area (Å²) in [6.45, 7) is 29.6. The molecule has 10 rings (SSSR count). The molecular formula is C65H66IrN4O-2. The van der Waals surface area contributed by atoms with Crippen molar-refractivity contribution < 1.29 is 24.5 Å². The van der Waals surface area contributed by atoms with E-state index in [1.807, 2.05) is 54.7 Å². The molecule has 4 aromatic heterocycles. The molecule has 0 saturated heterocycles. The van der Waals surface area contributed by atoms with Crippen molar-refractivity contribution in [1.82, 2.24) is 19.5 Å². The van der Waals surface area contributed by atoms with Crippen molar-refractivity contribution in [3.63, 3.8) is 0 Å². The Hall–Kier alpha value is -6.46. The van der Waals surface area contributed by atoms with Crippen molar-refractivity contribution >= 4 is 33.0 Å². The van der Waals surface area contributed by atoms with Gasteiger partial charge in [-0.05, 0) is 115 Å². The maximum atomic E-state index is 6.92. The number of para-hydroxylation sites is 2. The van der Waals surface area contributed by atoms with Crippen molar-refractivity contribution in [2.24, 2.45) is 0 Å². The Morgan fingerprint density at radius 2 is 1.17 bits per heavy atom. The molecule has 71 heavy (non-hydrogen) atoms. The normalized spacial score (nSPS) is 12.2. The number of pyridine rings is 2. The average molecular weight is 1110 g/mol. The SMILES string of the molecule is CC(C)c1cc(-c2ccc(C(C)(C)C)cc2)cc(C(C)C)c1-n1c(-c2[c-]ccc3c2oc2cc(-c4cc(C(C)(C)C)cc(C(C)(C)C)c4)ncc23)nc2ccccc21.[Ir].[c-]1ccccc1-c1ccccn1. The van der Waals surface area contributed by atoms with Gasteiger partial charge in [-0.15, -0.1) is 54.1 Å². The molecule has 5 nitrogen and oxygen atoms in total. The summed E-state index contributed by atoms with van der Waals surface area (Å²) in [4.78, 5) is 14.7. The van der Waals surface area contributed by atoms with E-state index in [1.165, 1.54) is 44.6 Å². The maximum absolute atomic E-state index is 6.92. The van der Waals surface area contributed by atoms with Gasteiger partial charge in [0, 0.05) is 55.2 Å². The van der Waals surface area contributed by atoms with Gasteiger partial charge in [0.25, 0.3) is 0 Å². The number of hydrogen-bond donors (Lipinski definition) is 0. The molecule has 0 amide bonds. The molecule has 0 aliphatic rings. The fourth-order valence-electron chi connectivity index (χ4n) is 9.24. The number of nitrogens with zero attached hydrogens (tertiary/aromatic N) is 4. The van der Waals surface area contributed by atoms with Crippen LogP contribution in [0, 0.1) is 12.1 Å². The Morgan fingerprint density at radius 1 is 0.535 bits per heavy atom. The molecule has 0 fully saturated rings. The molecule has 0 aliphatic heterocycles. The average Bonchev–Trinajstić information content (AvgIpc) is 3.92. The van der Waals surface area contributed by atoms with Crippen LogP contribution in [-0.4, -0.2) is 19.5 Å². The molecule has 0 N–H and O–H groups in total. The van der Waals surface area contributed by atoms with E-state index in [-0.39, 0.29) is 48.2 Å². The van der Waals surface area contributed by atoms with Crippen LogP contribution in [0.25, 0.3) is 83.7 Å². The minimum absolute atomic E-state index is 0. The van der Waals surface area contributed by atoms with Gasteiger partial charge in [0.1, 0.15) is 5.58 Å². The molecule has 6 heteroatoms. The van der Waals surface area contributed by atoms with Gasteiger partial charge >= 0.3 is 0 Å². The predicted octanol–water partition coefficient (Wildman–Crippen LogP) is 17.8. The smallest absolute Gasteiger partial charge is 0.124 e. The fourth-order valence-corrected chi connectivity index (χ4v) is 9.24. The number of aromatic nitrogens is 4. The van der Waals surface area contributed by atoms with Gasteiger partial charge < -0.3 is 14.0 Å². The first-order valence-corrected chi connectivity index (χ1v) is 24.8. The number of imidazole rings is 1. The number of fused-ring (bicyclic) bond motifs is 4. The minimum atomic E-state index is -0.00143. The number of benzene rings is 6. The third-order valence-corrected chi connectivity index (χ3v) is 13.4. The van der Waals surface area contributed by atoms with Crippen LogP contribution in [0.1, 0.15) is 130 Å². The Morgan fingerprint density at radius 3 is 1.76 bits per heavy atom. The van der Waals surface area contributed by atoms with Gasteiger partial charge in [0.05, 0.1) is 28.1 Å². The van der Waals surface area contributed by atoms with Crippen LogP contribution in [0.5, 0.6) is 0 Å². The largest absolute Gasteiger partial charge is 0.500 e. The summed E-state index contributed by atoms with van der Waals surface area (Å²) in [5.41, 5.74) is 18.6. The number of furan rings is 1. The summed E-state index contributed by atoms with van der Waals surface area (Å²) in [6, 6.07) is 56.0. The molecule has 0 saturated carbocycles. The van der Waals surface area contributed by atoms with Crippen molar-refractivity contribution in [1.29, 1.82) is 0 Å². The Labute approximate surface area is 435 Å². The van der Waals surface area contributed by atoms with Crippen LogP contribution in [0.3, 0.4) is 0 Å². The monoisotopic (exact) mass is 1110 g/mol. The molecule has 4 heterocycles. The summed E-state index contributed by atoms with van der Waals surface area (Å²) in [5, 5.41) is 1.98. The second-order valence-corrected chi connectivity index (χ2v) is 22.5. The van der Waals surface area contributed by atoms with E-state index >= 15 is 0 Å². The van der Waals surface area contributed by atoms with Crippen LogP contribution < -0.4 is 0 Å². The topological polar surface area (TPSA) is 56.7 Å². The van der Waals surface area contributed by atoms with Gasteiger partial charge in [0.2, 0.25) is 0 Å². The van der Waals surface area contributed by atoms with Gasteiger partial charge in [-0.2, -0.15) is 0 Å². The summed E-state index contributed by atoms with van der Waals surface area (Å²) in [6.07, 6.45) is 3.76. The zero-order valence-corrected chi connectivity index (χ0v) is 46.0. The Kier molecular flexibility index (Phi) is 14.3. The molecule has 0 aliphatic carbocycles.